The van der Waals surface area contributed by atoms with Crippen molar-refractivity contribution in [2.75, 3.05) is 25.5 Å². The average Bonchev–Trinajstić information content (AvgIpc) is 3.59. The molecule has 53 heavy (non-hydrogen) atoms. The maximum atomic E-state index is 14.3. The van der Waals surface area contributed by atoms with Gasteiger partial charge in [-0.3, -0.25) is 4.79 Å². The van der Waals surface area contributed by atoms with Crippen LogP contribution in [0, 0.1) is 11.6 Å². The van der Waals surface area contributed by atoms with Crippen molar-refractivity contribution in [2.45, 2.75) is 108 Å². The normalized spacial score (nSPS) is 16.5. The van der Waals surface area contributed by atoms with Gasteiger partial charge in [0.1, 0.15) is 29.9 Å². The Morgan fingerprint density at radius 3 is 2.19 bits per heavy atom. The number of nitrogens with one attached hydrogen (secondary N) is 3. The van der Waals surface area contributed by atoms with Crippen LogP contribution in [0.2, 0.25) is 0 Å². The summed E-state index contributed by atoms with van der Waals surface area (Å²) >= 11 is 0. The van der Waals surface area contributed by atoms with E-state index in [-0.39, 0.29) is 31.6 Å². The lowest BCUT2D eigenvalue weighted by molar-refractivity contribution is -0.206. The van der Waals surface area contributed by atoms with Crippen LogP contribution in [0.5, 0.6) is 0 Å². The van der Waals surface area contributed by atoms with Crippen molar-refractivity contribution >= 4 is 27.8 Å². The first-order chi connectivity index (χ1) is 25.0. The molecule has 0 radical (unpaired) electrons. The molecule has 1 aliphatic heterocycles. The summed E-state index contributed by atoms with van der Waals surface area (Å²) in [7, 11) is -4.08. The Bertz CT molecular complexity index is 1600. The molecule has 17 heteroatoms. The van der Waals surface area contributed by atoms with Crippen LogP contribution in [0.3, 0.4) is 0 Å². The number of ether oxygens (including phenoxy) is 3. The van der Waals surface area contributed by atoms with Crippen LogP contribution in [0.15, 0.2) is 42.5 Å². The number of hydrogen-bond acceptors (Lipinski definition) is 9. The van der Waals surface area contributed by atoms with Crippen molar-refractivity contribution in [3.05, 3.63) is 70.8 Å². The molecule has 0 aromatic heterocycles. The maximum Gasteiger partial charge on any atom is 0.490 e. The van der Waals surface area contributed by atoms with Crippen molar-refractivity contribution in [2.24, 2.45) is 0 Å². The van der Waals surface area contributed by atoms with E-state index in [9.17, 15) is 44.8 Å². The molecule has 2 amide bonds. The van der Waals surface area contributed by atoms with Crippen molar-refractivity contribution < 1.29 is 59.0 Å². The lowest BCUT2D eigenvalue weighted by Crippen LogP contribution is -2.58. The predicted molar refractivity (Wildman–Crippen MR) is 185 cm³/mol. The molecule has 296 valence electrons. The minimum absolute atomic E-state index is 0.0753. The number of alkyl halides is 3. The van der Waals surface area contributed by atoms with Gasteiger partial charge >= 0.3 is 18.2 Å². The first-order valence-corrected chi connectivity index (χ1v) is 19.3. The summed E-state index contributed by atoms with van der Waals surface area (Å²) in [6, 6.07) is 6.17. The number of aryl methyl sites for hydroxylation is 1. The van der Waals surface area contributed by atoms with Gasteiger partial charge in [0, 0.05) is 25.6 Å². The third-order valence-corrected chi connectivity index (χ3v) is 10.9. The number of sulfone groups is 1. The van der Waals surface area contributed by atoms with Crippen LogP contribution < -0.4 is 16.0 Å². The lowest BCUT2D eigenvalue weighted by Gasteiger charge is -2.31. The Labute approximate surface area is 306 Å². The fourth-order valence-corrected chi connectivity index (χ4v) is 8.12. The lowest BCUT2D eigenvalue weighted by atomic mass is 9.99. The molecule has 2 aromatic carbocycles. The third kappa shape index (κ3) is 14.5. The van der Waals surface area contributed by atoms with Crippen molar-refractivity contribution in [3.63, 3.8) is 0 Å². The summed E-state index contributed by atoms with van der Waals surface area (Å²) in [6.45, 7) is 5.51. The molecule has 2 aromatic rings. The molecule has 1 heterocycles. The quantitative estimate of drug-likeness (QED) is 0.124. The molecule has 0 spiro atoms. The molecule has 1 saturated heterocycles. The molecule has 1 fully saturated rings. The van der Waals surface area contributed by atoms with Gasteiger partial charge < -0.3 is 30.2 Å². The molecule has 11 nitrogen and oxygen atoms in total. The molecule has 1 unspecified atom stereocenters. The van der Waals surface area contributed by atoms with Gasteiger partial charge in [0.2, 0.25) is 5.91 Å². The van der Waals surface area contributed by atoms with Crippen LogP contribution in [0.25, 0.3) is 0 Å². The molecular weight excluding hydrogens is 729 g/mol. The Morgan fingerprint density at radius 1 is 0.943 bits per heavy atom. The van der Waals surface area contributed by atoms with Gasteiger partial charge in [0.25, 0.3) is 0 Å². The maximum absolute atomic E-state index is 14.3. The highest BCUT2D eigenvalue weighted by molar-refractivity contribution is 7.92. The van der Waals surface area contributed by atoms with Crippen LogP contribution >= 0.6 is 0 Å². The van der Waals surface area contributed by atoms with Crippen LogP contribution in [0.1, 0.15) is 69.6 Å². The topological polar surface area (TPSA) is 149 Å². The Hall–Kier alpha value is -3.83. The summed E-state index contributed by atoms with van der Waals surface area (Å²) in [5.74, 6) is -6.72. The molecule has 0 aliphatic carbocycles. The zero-order valence-corrected chi connectivity index (χ0v) is 30.8. The Kier molecular flexibility index (Phi) is 16.9. The number of alkyl carbamates (subject to hydrolysis) is 1. The van der Waals surface area contributed by atoms with Crippen molar-refractivity contribution in [1.82, 2.24) is 16.0 Å². The number of esters is 1. The third-order valence-electron chi connectivity index (χ3n) is 8.62. The van der Waals surface area contributed by atoms with E-state index < -0.39 is 93.9 Å². The molecule has 1 aliphatic rings. The fourth-order valence-electron chi connectivity index (χ4n) is 5.96. The molecule has 4 atom stereocenters. The number of amides is 2. The number of carbonyl (C=O) groups is 3. The molecule has 3 rings (SSSR count). The van der Waals surface area contributed by atoms with E-state index >= 15 is 0 Å². The highest BCUT2D eigenvalue weighted by Crippen LogP contribution is 2.22. The van der Waals surface area contributed by atoms with E-state index in [0.717, 1.165) is 23.3 Å². The van der Waals surface area contributed by atoms with E-state index in [1.54, 1.807) is 26.0 Å². The zero-order chi connectivity index (χ0) is 39.2. The van der Waals surface area contributed by atoms with Gasteiger partial charge in [-0.2, -0.15) is 13.2 Å². The SMILES string of the molecule is CCCC(CCC)S(=O)(=O)CC(NC(=O)O[C@@H]1CCOC1)C(=O)N[C@@H](Cc1cc(F)cc(F)c1)[C@@H](CNCc1cccc(CC)c1)OC(=O)C(F)(F)F. The predicted octanol–water partition coefficient (Wildman–Crippen LogP) is 5.09. The van der Waals surface area contributed by atoms with Gasteiger partial charge in [-0.05, 0) is 54.5 Å². The van der Waals surface area contributed by atoms with Crippen LogP contribution in [-0.2, 0) is 53.0 Å². The second kappa shape index (κ2) is 20.6. The van der Waals surface area contributed by atoms with E-state index in [1.807, 2.05) is 19.1 Å². The fraction of sp³-hybridized carbons (Fsp3) is 0.583. The highest BCUT2D eigenvalue weighted by Gasteiger charge is 2.44. The number of halogens is 5. The van der Waals surface area contributed by atoms with Gasteiger partial charge in [-0.1, -0.05) is 57.9 Å². The van der Waals surface area contributed by atoms with Crippen molar-refractivity contribution in [3.8, 4) is 0 Å². The van der Waals surface area contributed by atoms with E-state index in [1.165, 1.54) is 0 Å². The van der Waals surface area contributed by atoms with Crippen LogP contribution in [0.4, 0.5) is 26.7 Å². The molecule has 0 bridgehead atoms. The Morgan fingerprint density at radius 2 is 1.60 bits per heavy atom. The summed E-state index contributed by atoms with van der Waals surface area (Å²) in [5.41, 5.74) is 1.60. The summed E-state index contributed by atoms with van der Waals surface area (Å²) in [6.07, 6.45) is -7.04. The van der Waals surface area contributed by atoms with E-state index in [4.69, 9.17) is 14.2 Å². The largest absolute Gasteiger partial charge is 0.490 e. The van der Waals surface area contributed by atoms with Gasteiger partial charge in [-0.25, -0.2) is 26.8 Å². The van der Waals surface area contributed by atoms with Crippen molar-refractivity contribution in [1.29, 1.82) is 0 Å². The monoisotopic (exact) mass is 777 g/mol. The summed E-state index contributed by atoms with van der Waals surface area (Å²) in [5, 5.41) is 6.75. The van der Waals surface area contributed by atoms with Gasteiger partial charge in [0.15, 0.2) is 9.84 Å². The van der Waals surface area contributed by atoms with E-state index in [0.29, 0.717) is 38.4 Å². The Balaban J connectivity index is 2.00. The van der Waals surface area contributed by atoms with E-state index in [2.05, 4.69) is 16.0 Å². The van der Waals surface area contributed by atoms with Gasteiger partial charge in [-0.15, -0.1) is 0 Å². The van der Waals surface area contributed by atoms with Gasteiger partial charge in [0.05, 0.1) is 30.3 Å². The minimum atomic E-state index is -5.45. The molecule has 3 N–H and O–H groups in total. The second-order valence-corrected chi connectivity index (χ2v) is 15.3. The zero-order valence-electron chi connectivity index (χ0n) is 30.0. The number of rotatable bonds is 20. The second-order valence-electron chi connectivity index (χ2n) is 13.0. The molecule has 0 saturated carbocycles. The summed E-state index contributed by atoms with van der Waals surface area (Å²) in [4.78, 5) is 39.2. The average molecular weight is 778 g/mol. The minimum Gasteiger partial charge on any atom is -0.452 e. The van der Waals surface area contributed by atoms with Crippen LogP contribution in [-0.4, -0.2) is 87.6 Å². The number of hydrogen-bond donors (Lipinski definition) is 3. The first-order valence-electron chi connectivity index (χ1n) is 17.6. The first kappa shape index (κ1) is 43.6. The smallest absolute Gasteiger partial charge is 0.452 e. The number of benzene rings is 2. The molecular formula is C36H48F5N3O8S. The standard InChI is InChI=1S/C36H48F5N3O8S/c1-4-8-29(9-5-2)53(48,49)22-31(44-35(47)51-28-12-13-50-21-28)33(45)43-30(17-25-15-26(37)18-27(38)16-25)32(52-34(46)36(39,40)41)20-42-19-24-11-7-10-23(6-3)14-24/h7,10-11,14-16,18,28-32,42H,4-6,8-9,12-13,17,19-22H2,1-3H3,(H,43,45)(H,44,47)/t28-,30+,31?,32-/m1/s1. The highest BCUT2D eigenvalue weighted by atomic mass is 32.2. The number of carbonyl (C=O) groups excluding carboxylic acids is 3. The summed E-state index contributed by atoms with van der Waals surface area (Å²) < 4.78 is 112.